The van der Waals surface area contributed by atoms with Gasteiger partial charge in [-0.05, 0) is 52.8 Å². The van der Waals surface area contributed by atoms with Gasteiger partial charge in [0.2, 0.25) is 0 Å². The molecule has 2 aliphatic rings. The van der Waals surface area contributed by atoms with Crippen LogP contribution in [-0.2, 0) is 18.6 Å². The van der Waals surface area contributed by atoms with Crippen LogP contribution < -0.4 is 5.32 Å². The summed E-state index contributed by atoms with van der Waals surface area (Å²) in [6, 6.07) is 3.37. The van der Waals surface area contributed by atoms with Crippen molar-refractivity contribution >= 4 is 8.32 Å². The van der Waals surface area contributed by atoms with Crippen molar-refractivity contribution in [1.82, 2.24) is 5.32 Å². The maximum atomic E-state index is 6.80. The Hall–Kier alpha value is 0.0169. The first-order valence-electron chi connectivity index (χ1n) is 9.48. The standard InChI is InChI=1S/C18H37NO4Si/c1-9-24(10-2,11-3)23-14-13(12-19-17(4,5)6)20-16-15(14)21-18(7,8)22-16/h13-16,19H,9-12H2,1-8H3/t13-,14+,15-,16-/m1/s1. The molecule has 0 aromatic heterocycles. The van der Waals surface area contributed by atoms with Crippen molar-refractivity contribution in [1.29, 1.82) is 0 Å². The van der Waals surface area contributed by atoms with E-state index in [1.165, 1.54) is 0 Å². The highest BCUT2D eigenvalue weighted by atomic mass is 28.4. The van der Waals surface area contributed by atoms with E-state index in [2.05, 4.69) is 46.9 Å². The number of nitrogens with one attached hydrogen (secondary N) is 1. The fraction of sp³-hybridized carbons (Fsp3) is 1.00. The molecule has 0 unspecified atom stereocenters. The summed E-state index contributed by atoms with van der Waals surface area (Å²) in [6.07, 6.45) is -0.553. The predicted molar refractivity (Wildman–Crippen MR) is 98.5 cm³/mol. The lowest BCUT2D eigenvalue weighted by atomic mass is 10.1. The van der Waals surface area contributed by atoms with Gasteiger partial charge in [0.1, 0.15) is 18.3 Å². The third kappa shape index (κ3) is 4.59. The lowest BCUT2D eigenvalue weighted by molar-refractivity contribution is -0.213. The maximum absolute atomic E-state index is 6.80. The molecule has 2 saturated heterocycles. The highest BCUT2D eigenvalue weighted by Gasteiger charge is 2.56. The molecule has 2 aliphatic heterocycles. The fourth-order valence-corrected chi connectivity index (χ4v) is 6.41. The van der Waals surface area contributed by atoms with E-state index in [9.17, 15) is 0 Å². The summed E-state index contributed by atoms with van der Waals surface area (Å²) in [6.45, 7) is 17.9. The molecule has 1 N–H and O–H groups in total. The minimum absolute atomic E-state index is 0.0353. The van der Waals surface area contributed by atoms with Crippen molar-refractivity contribution in [3.63, 3.8) is 0 Å². The Kier molecular flexibility index (Phi) is 6.21. The van der Waals surface area contributed by atoms with Crippen LogP contribution in [0.1, 0.15) is 55.4 Å². The lowest BCUT2D eigenvalue weighted by Gasteiger charge is -2.36. The van der Waals surface area contributed by atoms with Crippen molar-refractivity contribution in [3.8, 4) is 0 Å². The molecule has 0 radical (unpaired) electrons. The average Bonchev–Trinajstić information content (AvgIpc) is 2.94. The van der Waals surface area contributed by atoms with Gasteiger partial charge in [0.15, 0.2) is 20.4 Å². The van der Waals surface area contributed by atoms with Crippen LogP contribution in [0.3, 0.4) is 0 Å². The van der Waals surface area contributed by atoms with E-state index in [1.54, 1.807) is 0 Å². The van der Waals surface area contributed by atoms with Crippen molar-refractivity contribution in [3.05, 3.63) is 0 Å². The fourth-order valence-electron chi connectivity index (χ4n) is 3.55. The molecule has 6 heteroatoms. The Labute approximate surface area is 148 Å². The Morgan fingerprint density at radius 3 is 2.12 bits per heavy atom. The Bertz CT molecular complexity index is 411. The average molecular weight is 360 g/mol. The molecule has 0 amide bonds. The Morgan fingerprint density at radius 2 is 1.62 bits per heavy atom. The van der Waals surface area contributed by atoms with Gasteiger partial charge in [-0.25, -0.2) is 0 Å². The smallest absolute Gasteiger partial charge is 0.192 e. The van der Waals surface area contributed by atoms with Crippen LogP contribution in [0, 0.1) is 0 Å². The van der Waals surface area contributed by atoms with Crippen LogP contribution in [0.15, 0.2) is 0 Å². The molecule has 2 rings (SSSR count). The molecule has 0 aromatic rings. The normalized spacial score (nSPS) is 33.0. The zero-order valence-corrected chi connectivity index (χ0v) is 17.8. The largest absolute Gasteiger partial charge is 0.408 e. The lowest BCUT2D eigenvalue weighted by Crippen LogP contribution is -2.51. The third-order valence-corrected chi connectivity index (χ3v) is 9.88. The van der Waals surface area contributed by atoms with Crippen molar-refractivity contribution in [2.75, 3.05) is 6.54 Å². The highest BCUT2D eigenvalue weighted by molar-refractivity contribution is 6.73. The summed E-state index contributed by atoms with van der Waals surface area (Å²) in [4.78, 5) is 0. The topological polar surface area (TPSA) is 49.0 Å². The highest BCUT2D eigenvalue weighted by Crippen LogP contribution is 2.40. The number of rotatable bonds is 7. The SMILES string of the molecule is CC[Si](CC)(CC)O[C@@H]1[C@H]2OC(C)(C)O[C@H]2O[C@@H]1CNC(C)(C)C. The molecular formula is C18H37NO4Si. The molecule has 24 heavy (non-hydrogen) atoms. The van der Waals surface area contributed by atoms with Gasteiger partial charge in [0, 0.05) is 12.1 Å². The van der Waals surface area contributed by atoms with E-state index in [4.69, 9.17) is 18.6 Å². The summed E-state index contributed by atoms with van der Waals surface area (Å²) in [7, 11) is -1.75. The molecule has 2 fully saturated rings. The van der Waals surface area contributed by atoms with Crippen molar-refractivity contribution in [2.24, 2.45) is 0 Å². The molecule has 0 bridgehead atoms. The summed E-state index contributed by atoms with van der Waals surface area (Å²) in [5.41, 5.74) is 0.0430. The van der Waals surface area contributed by atoms with Crippen molar-refractivity contribution in [2.45, 2.75) is 109 Å². The van der Waals surface area contributed by atoms with Crippen LogP contribution >= 0.6 is 0 Å². The first-order valence-corrected chi connectivity index (χ1v) is 12.0. The van der Waals surface area contributed by atoms with E-state index < -0.39 is 14.1 Å². The molecule has 4 atom stereocenters. The minimum atomic E-state index is -1.75. The monoisotopic (exact) mass is 359 g/mol. The zero-order valence-electron chi connectivity index (χ0n) is 16.8. The summed E-state index contributed by atoms with van der Waals surface area (Å²) < 4.78 is 25.1. The van der Waals surface area contributed by atoms with Crippen LogP contribution in [0.2, 0.25) is 18.1 Å². The predicted octanol–water partition coefficient (Wildman–Crippen LogP) is 3.64. The van der Waals surface area contributed by atoms with Gasteiger partial charge >= 0.3 is 0 Å². The molecule has 142 valence electrons. The van der Waals surface area contributed by atoms with Gasteiger partial charge in [-0.1, -0.05) is 20.8 Å². The molecule has 0 aliphatic carbocycles. The van der Waals surface area contributed by atoms with Gasteiger partial charge in [-0.15, -0.1) is 0 Å². The minimum Gasteiger partial charge on any atom is -0.408 e. The zero-order chi connectivity index (χ0) is 18.2. The summed E-state index contributed by atoms with van der Waals surface area (Å²) in [5.74, 6) is -0.603. The van der Waals surface area contributed by atoms with Gasteiger partial charge in [0.05, 0.1) is 0 Å². The molecule has 2 heterocycles. The van der Waals surface area contributed by atoms with Gasteiger partial charge in [-0.3, -0.25) is 0 Å². The van der Waals surface area contributed by atoms with E-state index in [1.807, 2.05) is 13.8 Å². The van der Waals surface area contributed by atoms with Gasteiger partial charge < -0.3 is 24.0 Å². The second kappa shape index (κ2) is 7.33. The van der Waals surface area contributed by atoms with Crippen LogP contribution in [0.4, 0.5) is 0 Å². The molecular weight excluding hydrogens is 322 g/mol. The maximum Gasteiger partial charge on any atom is 0.192 e. The van der Waals surface area contributed by atoms with Crippen LogP contribution in [-0.4, -0.2) is 50.8 Å². The Morgan fingerprint density at radius 1 is 1.04 bits per heavy atom. The van der Waals surface area contributed by atoms with Gasteiger partial charge in [-0.2, -0.15) is 0 Å². The summed E-state index contributed by atoms with van der Waals surface area (Å²) in [5, 5.41) is 3.54. The second-order valence-electron chi connectivity index (χ2n) is 8.60. The number of hydrogen-bond acceptors (Lipinski definition) is 5. The first kappa shape index (κ1) is 20.3. The Balaban J connectivity index is 2.16. The van der Waals surface area contributed by atoms with Crippen molar-refractivity contribution < 1.29 is 18.6 Å². The first-order chi connectivity index (χ1) is 11.0. The van der Waals surface area contributed by atoms with E-state index >= 15 is 0 Å². The third-order valence-electron chi connectivity index (χ3n) is 5.24. The number of fused-ring (bicyclic) bond motifs is 1. The quantitative estimate of drug-likeness (QED) is 0.703. The van der Waals surface area contributed by atoms with E-state index in [0.29, 0.717) is 0 Å². The van der Waals surface area contributed by atoms with Crippen LogP contribution in [0.5, 0.6) is 0 Å². The number of ether oxygens (including phenoxy) is 3. The van der Waals surface area contributed by atoms with Gasteiger partial charge in [0.25, 0.3) is 0 Å². The molecule has 0 spiro atoms. The van der Waals surface area contributed by atoms with E-state index in [0.717, 1.165) is 24.7 Å². The summed E-state index contributed by atoms with van der Waals surface area (Å²) >= 11 is 0. The molecule has 0 saturated carbocycles. The molecule has 5 nitrogen and oxygen atoms in total. The number of hydrogen-bond donors (Lipinski definition) is 1. The van der Waals surface area contributed by atoms with E-state index in [-0.39, 0.29) is 30.1 Å². The van der Waals surface area contributed by atoms with Crippen LogP contribution in [0.25, 0.3) is 0 Å². The molecule has 0 aromatic carbocycles. The second-order valence-corrected chi connectivity index (χ2v) is 13.3.